The van der Waals surface area contributed by atoms with Gasteiger partial charge in [0.25, 0.3) is 0 Å². The first-order chi connectivity index (χ1) is 9.36. The van der Waals surface area contributed by atoms with Gasteiger partial charge in [-0.2, -0.15) is 16.1 Å². The van der Waals surface area contributed by atoms with Gasteiger partial charge in [0.05, 0.1) is 11.5 Å². The van der Waals surface area contributed by atoms with Gasteiger partial charge >= 0.3 is 0 Å². The van der Waals surface area contributed by atoms with Crippen molar-refractivity contribution in [1.29, 1.82) is 0 Å². The van der Waals surface area contributed by atoms with Gasteiger partial charge in [-0.15, -0.1) is 0 Å². The number of benzene rings is 1. The molecule has 0 amide bonds. The second-order valence-electron chi connectivity index (χ2n) is 4.89. The third-order valence-corrected chi connectivity index (χ3v) is 6.77. The zero-order valence-electron chi connectivity index (χ0n) is 11.5. The average molecular weight is 336 g/mol. The maximum absolute atomic E-state index is 12.8. The van der Waals surface area contributed by atoms with E-state index in [2.05, 4.69) is 0 Å². The van der Waals surface area contributed by atoms with Crippen LogP contribution < -0.4 is 0 Å². The van der Waals surface area contributed by atoms with Crippen LogP contribution in [0.4, 0.5) is 0 Å². The number of hydrogen-bond acceptors (Lipinski definition) is 4. The van der Waals surface area contributed by atoms with Crippen molar-refractivity contribution < 1.29 is 13.5 Å². The Balaban J connectivity index is 2.46. The molecule has 0 bridgehead atoms. The lowest BCUT2D eigenvalue weighted by Gasteiger charge is -2.30. The van der Waals surface area contributed by atoms with Crippen molar-refractivity contribution in [3.8, 4) is 0 Å². The minimum absolute atomic E-state index is 0.202. The highest BCUT2D eigenvalue weighted by atomic mass is 35.5. The van der Waals surface area contributed by atoms with E-state index in [0.29, 0.717) is 29.2 Å². The molecule has 1 aromatic rings. The van der Waals surface area contributed by atoms with Gasteiger partial charge in [-0.3, -0.25) is 0 Å². The first-order valence-electron chi connectivity index (χ1n) is 6.38. The lowest BCUT2D eigenvalue weighted by molar-refractivity contribution is 0.280. The molecule has 20 heavy (non-hydrogen) atoms. The Labute approximate surface area is 129 Å². The van der Waals surface area contributed by atoms with Crippen LogP contribution in [0.25, 0.3) is 0 Å². The molecule has 2 rings (SSSR count). The average Bonchev–Trinajstić information content (AvgIpc) is 2.40. The molecule has 1 aliphatic heterocycles. The summed E-state index contributed by atoms with van der Waals surface area (Å²) < 4.78 is 27.0. The smallest absolute Gasteiger partial charge is 0.243 e. The van der Waals surface area contributed by atoms with E-state index in [1.807, 2.05) is 6.92 Å². The number of thioether (sulfide) groups is 1. The van der Waals surface area contributed by atoms with Crippen LogP contribution in [-0.2, 0) is 16.6 Å². The third kappa shape index (κ3) is 3.14. The summed E-state index contributed by atoms with van der Waals surface area (Å²) in [7, 11) is -3.56. The first-order valence-corrected chi connectivity index (χ1v) is 9.24. The standard InChI is InChI=1S/C13H18ClNO3S2/c1-9-7-15(3-4-19-9)20(17,18)13-6-12(14)5-11(8-16)10(13)2/h5-6,9,16H,3-4,7-8H2,1-2H3. The Hall–Kier alpha value is -0.270. The molecule has 1 aromatic carbocycles. The van der Waals surface area contributed by atoms with Crippen LogP contribution in [0.5, 0.6) is 0 Å². The molecule has 0 saturated carbocycles. The number of aliphatic hydroxyl groups is 1. The normalized spacial score (nSPS) is 21.1. The van der Waals surface area contributed by atoms with E-state index >= 15 is 0 Å². The maximum Gasteiger partial charge on any atom is 0.243 e. The topological polar surface area (TPSA) is 57.6 Å². The summed E-state index contributed by atoms with van der Waals surface area (Å²) in [6.07, 6.45) is 0. The van der Waals surface area contributed by atoms with Crippen molar-refractivity contribution >= 4 is 33.4 Å². The highest BCUT2D eigenvalue weighted by Crippen LogP contribution is 2.29. The molecule has 1 heterocycles. The van der Waals surface area contributed by atoms with Crippen LogP contribution in [0.15, 0.2) is 17.0 Å². The molecule has 1 N–H and O–H groups in total. The Kier molecular flexibility index (Phi) is 5.02. The summed E-state index contributed by atoms with van der Waals surface area (Å²) in [5, 5.41) is 9.93. The SMILES string of the molecule is Cc1c(CO)cc(Cl)cc1S(=O)(=O)N1CCSC(C)C1. The van der Waals surface area contributed by atoms with E-state index in [4.69, 9.17) is 11.6 Å². The van der Waals surface area contributed by atoms with Gasteiger partial charge in [0, 0.05) is 29.1 Å². The summed E-state index contributed by atoms with van der Waals surface area (Å²) in [6.45, 7) is 4.53. The number of rotatable bonds is 3. The molecule has 0 aromatic heterocycles. The van der Waals surface area contributed by atoms with Gasteiger partial charge in [-0.05, 0) is 30.2 Å². The van der Waals surface area contributed by atoms with Gasteiger partial charge in [-0.1, -0.05) is 18.5 Å². The van der Waals surface area contributed by atoms with Crippen molar-refractivity contribution in [2.75, 3.05) is 18.8 Å². The predicted molar refractivity (Wildman–Crippen MR) is 82.8 cm³/mol. The molecule has 1 saturated heterocycles. The highest BCUT2D eigenvalue weighted by molar-refractivity contribution is 8.00. The van der Waals surface area contributed by atoms with E-state index in [1.54, 1.807) is 24.8 Å². The predicted octanol–water partition coefficient (Wildman–Crippen LogP) is 2.27. The third-order valence-electron chi connectivity index (χ3n) is 3.42. The molecule has 7 heteroatoms. The van der Waals surface area contributed by atoms with Gasteiger partial charge in [0.1, 0.15) is 0 Å². The fourth-order valence-electron chi connectivity index (χ4n) is 2.28. The molecule has 1 atom stereocenters. The summed E-state index contributed by atoms with van der Waals surface area (Å²) in [4.78, 5) is 0.202. The Morgan fingerprint density at radius 1 is 1.50 bits per heavy atom. The minimum atomic E-state index is -3.56. The van der Waals surface area contributed by atoms with Crippen molar-refractivity contribution in [2.45, 2.75) is 30.6 Å². The molecule has 1 unspecified atom stereocenters. The number of halogens is 1. The summed E-state index contributed by atoms with van der Waals surface area (Å²) in [5.41, 5.74) is 1.12. The summed E-state index contributed by atoms with van der Waals surface area (Å²) >= 11 is 7.75. The molecule has 4 nitrogen and oxygen atoms in total. The molecule has 1 fully saturated rings. The largest absolute Gasteiger partial charge is 0.392 e. The van der Waals surface area contributed by atoms with E-state index in [0.717, 1.165) is 5.75 Å². The Bertz CT molecular complexity index is 604. The van der Waals surface area contributed by atoms with Crippen molar-refractivity contribution in [1.82, 2.24) is 4.31 Å². The molecule has 1 aliphatic rings. The van der Waals surface area contributed by atoms with Crippen molar-refractivity contribution in [3.05, 3.63) is 28.3 Å². The Morgan fingerprint density at radius 2 is 2.20 bits per heavy atom. The molecule has 0 aliphatic carbocycles. The van der Waals surface area contributed by atoms with Crippen molar-refractivity contribution in [2.24, 2.45) is 0 Å². The van der Waals surface area contributed by atoms with Crippen LogP contribution in [0.1, 0.15) is 18.1 Å². The lowest BCUT2D eigenvalue weighted by Crippen LogP contribution is -2.41. The zero-order chi connectivity index (χ0) is 14.9. The highest BCUT2D eigenvalue weighted by Gasteiger charge is 2.30. The number of nitrogens with zero attached hydrogens (tertiary/aromatic N) is 1. The van der Waals surface area contributed by atoms with Crippen LogP contribution in [0, 0.1) is 6.92 Å². The number of hydrogen-bond donors (Lipinski definition) is 1. The number of aliphatic hydroxyl groups excluding tert-OH is 1. The minimum Gasteiger partial charge on any atom is -0.392 e. The van der Waals surface area contributed by atoms with E-state index in [1.165, 1.54) is 10.4 Å². The fourth-order valence-corrected chi connectivity index (χ4v) is 5.64. The zero-order valence-corrected chi connectivity index (χ0v) is 13.9. The van der Waals surface area contributed by atoms with E-state index in [-0.39, 0.29) is 16.8 Å². The molecule has 0 radical (unpaired) electrons. The molecule has 112 valence electrons. The van der Waals surface area contributed by atoms with Gasteiger partial charge < -0.3 is 5.11 Å². The quantitative estimate of drug-likeness (QED) is 0.920. The van der Waals surface area contributed by atoms with Crippen LogP contribution in [-0.4, -0.2) is 41.9 Å². The van der Waals surface area contributed by atoms with Gasteiger partial charge in [-0.25, -0.2) is 8.42 Å². The second-order valence-corrected chi connectivity index (χ2v) is 8.78. The van der Waals surface area contributed by atoms with Crippen LogP contribution in [0.2, 0.25) is 5.02 Å². The van der Waals surface area contributed by atoms with Crippen LogP contribution in [0.3, 0.4) is 0 Å². The van der Waals surface area contributed by atoms with Crippen molar-refractivity contribution in [3.63, 3.8) is 0 Å². The lowest BCUT2D eigenvalue weighted by atomic mass is 10.1. The van der Waals surface area contributed by atoms with E-state index < -0.39 is 10.0 Å². The molecular weight excluding hydrogens is 318 g/mol. The monoisotopic (exact) mass is 335 g/mol. The van der Waals surface area contributed by atoms with Gasteiger partial charge in [0.2, 0.25) is 10.0 Å². The number of sulfonamides is 1. The molecule has 0 spiro atoms. The fraction of sp³-hybridized carbons (Fsp3) is 0.538. The Morgan fingerprint density at radius 3 is 2.80 bits per heavy atom. The summed E-state index contributed by atoms with van der Waals surface area (Å²) in [6, 6.07) is 3.07. The van der Waals surface area contributed by atoms with E-state index in [9.17, 15) is 13.5 Å². The first kappa shape index (κ1) is 16.1. The maximum atomic E-state index is 12.8. The van der Waals surface area contributed by atoms with Gasteiger partial charge in [0.15, 0.2) is 0 Å². The van der Waals surface area contributed by atoms with Crippen LogP contribution >= 0.6 is 23.4 Å². The second kappa shape index (κ2) is 6.23. The summed E-state index contributed by atoms with van der Waals surface area (Å²) in [5.74, 6) is 0.798. The molecular formula is C13H18ClNO3S2.